The highest BCUT2D eigenvalue weighted by Gasteiger charge is 2.14. The number of benzene rings is 1. The summed E-state index contributed by atoms with van der Waals surface area (Å²) in [7, 11) is 0. The minimum absolute atomic E-state index is 0.274. The van der Waals surface area contributed by atoms with Crippen LogP contribution < -0.4 is 10.6 Å². The smallest absolute Gasteiger partial charge is 0.274 e. The van der Waals surface area contributed by atoms with Crippen LogP contribution >= 0.6 is 11.6 Å². The van der Waals surface area contributed by atoms with Crippen molar-refractivity contribution in [2.45, 2.75) is 44.6 Å². The third-order valence-electron chi connectivity index (χ3n) is 4.16. The van der Waals surface area contributed by atoms with Gasteiger partial charge in [-0.1, -0.05) is 43.4 Å². The van der Waals surface area contributed by atoms with Gasteiger partial charge in [-0.05, 0) is 37.1 Å². The van der Waals surface area contributed by atoms with Crippen molar-refractivity contribution >= 4 is 29.1 Å². The second-order valence-electron chi connectivity index (χ2n) is 6.06. The summed E-state index contributed by atoms with van der Waals surface area (Å²) in [6.45, 7) is 0. The standard InChI is InChI=1S/C18H21ClN4O/c19-13-6-5-9-15(12-13)21-17(24)16-10-11-20-18(23-16)22-14-7-3-1-2-4-8-14/h5-6,9-12,14H,1-4,7-8H2,(H,21,24)(H,20,22,23). The Hall–Kier alpha value is -2.14. The minimum atomic E-state index is -0.274. The van der Waals surface area contributed by atoms with Gasteiger partial charge in [-0.15, -0.1) is 0 Å². The normalized spacial score (nSPS) is 15.5. The number of rotatable bonds is 4. The number of halogens is 1. The van der Waals surface area contributed by atoms with E-state index in [1.165, 1.54) is 25.7 Å². The lowest BCUT2D eigenvalue weighted by Gasteiger charge is -2.16. The molecule has 5 nitrogen and oxygen atoms in total. The van der Waals surface area contributed by atoms with E-state index in [9.17, 15) is 4.79 Å². The van der Waals surface area contributed by atoms with Crippen LogP contribution in [0.25, 0.3) is 0 Å². The number of anilines is 2. The minimum Gasteiger partial charge on any atom is -0.351 e. The first-order valence-corrected chi connectivity index (χ1v) is 8.75. The molecule has 1 aliphatic carbocycles. The fourth-order valence-electron chi connectivity index (χ4n) is 2.92. The molecule has 126 valence electrons. The molecular weight excluding hydrogens is 324 g/mol. The van der Waals surface area contributed by atoms with Crippen molar-refractivity contribution in [2.75, 3.05) is 10.6 Å². The van der Waals surface area contributed by atoms with Crippen LogP contribution in [-0.2, 0) is 0 Å². The molecule has 1 saturated carbocycles. The molecule has 3 rings (SSSR count). The Balaban J connectivity index is 1.66. The Labute approximate surface area is 146 Å². The molecule has 2 aromatic rings. The Morgan fingerprint density at radius 3 is 2.67 bits per heavy atom. The first-order chi connectivity index (χ1) is 11.7. The van der Waals surface area contributed by atoms with Gasteiger partial charge in [0.2, 0.25) is 5.95 Å². The highest BCUT2D eigenvalue weighted by molar-refractivity contribution is 6.30. The quantitative estimate of drug-likeness (QED) is 0.800. The van der Waals surface area contributed by atoms with E-state index in [0.29, 0.717) is 28.4 Å². The van der Waals surface area contributed by atoms with Gasteiger partial charge in [0, 0.05) is 22.9 Å². The molecule has 1 aliphatic rings. The van der Waals surface area contributed by atoms with Crippen LogP contribution in [0.1, 0.15) is 49.0 Å². The Bertz CT molecular complexity index is 699. The summed E-state index contributed by atoms with van der Waals surface area (Å²) in [4.78, 5) is 20.9. The maximum Gasteiger partial charge on any atom is 0.274 e. The van der Waals surface area contributed by atoms with Crippen molar-refractivity contribution in [2.24, 2.45) is 0 Å². The number of nitrogens with zero attached hydrogens (tertiary/aromatic N) is 2. The molecular formula is C18H21ClN4O. The molecule has 0 radical (unpaired) electrons. The lowest BCUT2D eigenvalue weighted by Crippen LogP contribution is -2.21. The third-order valence-corrected chi connectivity index (χ3v) is 4.39. The molecule has 24 heavy (non-hydrogen) atoms. The molecule has 1 aromatic carbocycles. The fourth-order valence-corrected chi connectivity index (χ4v) is 3.11. The Kier molecular flexibility index (Phi) is 5.64. The van der Waals surface area contributed by atoms with Crippen molar-refractivity contribution in [3.8, 4) is 0 Å². The summed E-state index contributed by atoms with van der Waals surface area (Å²) in [5.74, 6) is 0.240. The topological polar surface area (TPSA) is 66.9 Å². The molecule has 0 saturated heterocycles. The van der Waals surface area contributed by atoms with E-state index in [1.54, 1.807) is 36.5 Å². The molecule has 2 N–H and O–H groups in total. The van der Waals surface area contributed by atoms with E-state index in [-0.39, 0.29) is 5.91 Å². The average molecular weight is 345 g/mol. The predicted molar refractivity (Wildman–Crippen MR) is 96.5 cm³/mol. The third kappa shape index (κ3) is 4.68. The van der Waals surface area contributed by atoms with Crippen LogP contribution in [0, 0.1) is 0 Å². The molecule has 6 heteroatoms. The first kappa shape index (κ1) is 16.7. The number of hydrogen-bond donors (Lipinski definition) is 2. The van der Waals surface area contributed by atoms with Crippen LogP contribution in [0.4, 0.5) is 11.6 Å². The van der Waals surface area contributed by atoms with Gasteiger partial charge in [0.05, 0.1) is 0 Å². The van der Waals surface area contributed by atoms with Crippen molar-refractivity contribution in [3.05, 3.63) is 47.2 Å². The molecule has 0 aliphatic heterocycles. The molecule has 1 heterocycles. The lowest BCUT2D eigenvalue weighted by molar-refractivity contribution is 0.102. The second kappa shape index (κ2) is 8.11. The SMILES string of the molecule is O=C(Nc1cccc(Cl)c1)c1ccnc(NC2CCCCCC2)n1. The summed E-state index contributed by atoms with van der Waals surface area (Å²) in [6.07, 6.45) is 8.91. The maximum absolute atomic E-state index is 12.4. The van der Waals surface area contributed by atoms with Gasteiger partial charge >= 0.3 is 0 Å². The zero-order valence-corrected chi connectivity index (χ0v) is 14.2. The molecule has 1 aromatic heterocycles. The highest BCUT2D eigenvalue weighted by atomic mass is 35.5. The summed E-state index contributed by atoms with van der Waals surface area (Å²) in [5.41, 5.74) is 0.977. The van der Waals surface area contributed by atoms with E-state index in [0.717, 1.165) is 12.8 Å². The number of aromatic nitrogens is 2. The molecule has 0 atom stereocenters. The van der Waals surface area contributed by atoms with Crippen LogP contribution in [0.5, 0.6) is 0 Å². The molecule has 1 fully saturated rings. The van der Waals surface area contributed by atoms with Gasteiger partial charge in [0.25, 0.3) is 5.91 Å². The van der Waals surface area contributed by atoms with E-state index < -0.39 is 0 Å². The van der Waals surface area contributed by atoms with Gasteiger partial charge < -0.3 is 10.6 Å². The van der Waals surface area contributed by atoms with Crippen LogP contribution in [0.3, 0.4) is 0 Å². The highest BCUT2D eigenvalue weighted by Crippen LogP contribution is 2.20. The number of amides is 1. The van der Waals surface area contributed by atoms with E-state index in [4.69, 9.17) is 11.6 Å². The maximum atomic E-state index is 12.4. The molecule has 0 bridgehead atoms. The summed E-state index contributed by atoms with van der Waals surface area (Å²) < 4.78 is 0. The number of nitrogens with one attached hydrogen (secondary N) is 2. The fraction of sp³-hybridized carbons (Fsp3) is 0.389. The van der Waals surface area contributed by atoms with Gasteiger partial charge in [-0.2, -0.15) is 0 Å². The van der Waals surface area contributed by atoms with Gasteiger partial charge in [-0.25, -0.2) is 9.97 Å². The predicted octanol–water partition coefficient (Wildman–Crippen LogP) is 4.52. The van der Waals surface area contributed by atoms with Crippen molar-refractivity contribution < 1.29 is 4.79 Å². The van der Waals surface area contributed by atoms with Crippen LogP contribution in [-0.4, -0.2) is 21.9 Å². The van der Waals surface area contributed by atoms with Crippen molar-refractivity contribution in [1.29, 1.82) is 0 Å². The summed E-state index contributed by atoms with van der Waals surface area (Å²) in [5, 5.41) is 6.74. The molecule has 1 amide bonds. The summed E-state index contributed by atoms with van der Waals surface area (Å²) in [6, 6.07) is 9.03. The lowest BCUT2D eigenvalue weighted by atomic mass is 10.1. The zero-order valence-electron chi connectivity index (χ0n) is 13.5. The van der Waals surface area contributed by atoms with E-state index in [2.05, 4.69) is 20.6 Å². The average Bonchev–Trinajstić information content (AvgIpc) is 2.84. The second-order valence-corrected chi connectivity index (χ2v) is 6.50. The number of carbonyl (C=O) groups excluding carboxylic acids is 1. The van der Waals surface area contributed by atoms with E-state index >= 15 is 0 Å². The van der Waals surface area contributed by atoms with Crippen LogP contribution in [0.15, 0.2) is 36.5 Å². The number of carbonyl (C=O) groups is 1. The summed E-state index contributed by atoms with van der Waals surface area (Å²) >= 11 is 5.93. The van der Waals surface area contributed by atoms with Crippen LogP contribution in [0.2, 0.25) is 5.02 Å². The van der Waals surface area contributed by atoms with Gasteiger partial charge in [0.15, 0.2) is 0 Å². The zero-order chi connectivity index (χ0) is 16.8. The van der Waals surface area contributed by atoms with Gasteiger partial charge in [0.1, 0.15) is 5.69 Å². The van der Waals surface area contributed by atoms with Crippen molar-refractivity contribution in [3.63, 3.8) is 0 Å². The van der Waals surface area contributed by atoms with Gasteiger partial charge in [-0.3, -0.25) is 4.79 Å². The Morgan fingerprint density at radius 1 is 1.12 bits per heavy atom. The van der Waals surface area contributed by atoms with E-state index in [1.807, 2.05) is 0 Å². The Morgan fingerprint density at radius 2 is 1.92 bits per heavy atom. The monoisotopic (exact) mass is 344 g/mol. The molecule has 0 spiro atoms. The largest absolute Gasteiger partial charge is 0.351 e. The molecule has 0 unspecified atom stereocenters. The first-order valence-electron chi connectivity index (χ1n) is 8.37. The number of hydrogen-bond acceptors (Lipinski definition) is 4. The van der Waals surface area contributed by atoms with Crippen molar-refractivity contribution in [1.82, 2.24) is 9.97 Å².